The van der Waals surface area contributed by atoms with Crippen LogP contribution in [0.4, 0.5) is 0 Å². The largest absolute Gasteiger partial charge is 0.387 e. The Morgan fingerprint density at radius 2 is 1.69 bits per heavy atom. The summed E-state index contributed by atoms with van der Waals surface area (Å²) in [7, 11) is 0. The van der Waals surface area contributed by atoms with Crippen LogP contribution in [-0.4, -0.2) is 27.4 Å². The molecular formula is C28H27Cl3N2O2. The Balaban J connectivity index is 1.68. The maximum absolute atomic E-state index is 13.8. The van der Waals surface area contributed by atoms with Gasteiger partial charge >= 0.3 is 0 Å². The minimum absolute atomic E-state index is 0.0259. The van der Waals surface area contributed by atoms with Crippen molar-refractivity contribution in [3.05, 3.63) is 104 Å². The fourth-order valence-electron chi connectivity index (χ4n) is 4.06. The van der Waals surface area contributed by atoms with Crippen LogP contribution in [0.1, 0.15) is 53.9 Å². The first kappa shape index (κ1) is 25.6. The lowest BCUT2D eigenvalue weighted by Gasteiger charge is -2.27. The standard InChI is InChI=1S/C28H27Cl3N2O2/c1-28(2,3)20-7-4-17(5-8-20)15-33(16-25(34)18-6-9-23(30)24(31)13-18)27(35)22-14-21(29)12-19-10-11-32-26(19)22/h4-14,25,32,34H,15-16H2,1-3H3. The molecule has 4 nitrogen and oxygen atoms in total. The molecule has 182 valence electrons. The third-order valence-corrected chi connectivity index (χ3v) is 7.01. The summed E-state index contributed by atoms with van der Waals surface area (Å²) in [6, 6.07) is 18.5. The van der Waals surface area contributed by atoms with Crippen molar-refractivity contribution < 1.29 is 9.90 Å². The van der Waals surface area contributed by atoms with Crippen molar-refractivity contribution in [3.63, 3.8) is 0 Å². The molecular weight excluding hydrogens is 503 g/mol. The van der Waals surface area contributed by atoms with Crippen LogP contribution in [0.5, 0.6) is 0 Å². The van der Waals surface area contributed by atoms with Gasteiger partial charge in [-0.05, 0) is 52.4 Å². The number of aliphatic hydroxyl groups excluding tert-OH is 1. The average molecular weight is 530 g/mol. The Bertz CT molecular complexity index is 1360. The number of fused-ring (bicyclic) bond motifs is 1. The monoisotopic (exact) mass is 528 g/mol. The molecule has 1 atom stereocenters. The van der Waals surface area contributed by atoms with Crippen molar-refractivity contribution >= 4 is 51.6 Å². The van der Waals surface area contributed by atoms with Crippen molar-refractivity contribution in [3.8, 4) is 0 Å². The van der Waals surface area contributed by atoms with E-state index in [9.17, 15) is 9.90 Å². The van der Waals surface area contributed by atoms with E-state index in [1.807, 2.05) is 24.3 Å². The Hall–Kier alpha value is -2.50. The Morgan fingerprint density at radius 1 is 0.971 bits per heavy atom. The number of H-pyrrole nitrogens is 1. The van der Waals surface area contributed by atoms with Gasteiger partial charge in [0.05, 0.1) is 33.8 Å². The van der Waals surface area contributed by atoms with Gasteiger partial charge in [-0.25, -0.2) is 0 Å². The van der Waals surface area contributed by atoms with Gasteiger partial charge in [-0.1, -0.05) is 85.9 Å². The van der Waals surface area contributed by atoms with Gasteiger partial charge in [0.2, 0.25) is 0 Å². The normalized spacial score (nSPS) is 12.7. The van der Waals surface area contributed by atoms with Gasteiger partial charge in [0, 0.05) is 23.2 Å². The lowest BCUT2D eigenvalue weighted by Crippen LogP contribution is -2.34. The van der Waals surface area contributed by atoms with Crippen LogP contribution < -0.4 is 0 Å². The number of aromatic nitrogens is 1. The van der Waals surface area contributed by atoms with E-state index in [4.69, 9.17) is 34.8 Å². The predicted molar refractivity (Wildman–Crippen MR) is 145 cm³/mol. The van der Waals surface area contributed by atoms with Crippen molar-refractivity contribution in [2.24, 2.45) is 0 Å². The molecule has 0 bridgehead atoms. The SMILES string of the molecule is CC(C)(C)c1ccc(CN(CC(O)c2ccc(Cl)c(Cl)c2)C(=O)c2cc(Cl)cc3cc[nH]c23)cc1. The number of nitrogens with one attached hydrogen (secondary N) is 1. The number of rotatable bonds is 6. The number of nitrogens with zero attached hydrogens (tertiary/aromatic N) is 1. The lowest BCUT2D eigenvalue weighted by atomic mass is 9.87. The molecule has 7 heteroatoms. The highest BCUT2D eigenvalue weighted by Gasteiger charge is 2.24. The van der Waals surface area contributed by atoms with Gasteiger partial charge < -0.3 is 15.0 Å². The van der Waals surface area contributed by atoms with E-state index in [1.54, 1.807) is 35.4 Å². The second-order valence-electron chi connectivity index (χ2n) is 9.72. The number of hydrogen-bond donors (Lipinski definition) is 2. The number of amides is 1. The van der Waals surface area contributed by atoms with E-state index in [2.05, 4.69) is 37.9 Å². The summed E-state index contributed by atoms with van der Waals surface area (Å²) < 4.78 is 0. The first-order valence-electron chi connectivity index (χ1n) is 11.3. The molecule has 1 amide bonds. The molecule has 0 radical (unpaired) electrons. The topological polar surface area (TPSA) is 56.3 Å². The molecule has 1 aromatic heterocycles. The van der Waals surface area contributed by atoms with Crippen LogP contribution in [0.3, 0.4) is 0 Å². The number of aromatic amines is 1. The number of aliphatic hydroxyl groups is 1. The number of carbonyl (C=O) groups is 1. The number of halogens is 3. The third kappa shape index (κ3) is 5.84. The first-order chi connectivity index (χ1) is 16.5. The van der Waals surface area contributed by atoms with Crippen molar-refractivity contribution in [1.82, 2.24) is 9.88 Å². The fraction of sp³-hybridized carbons (Fsp3) is 0.250. The summed E-state index contributed by atoms with van der Waals surface area (Å²) >= 11 is 18.5. The van der Waals surface area contributed by atoms with Gasteiger partial charge in [0.1, 0.15) is 0 Å². The average Bonchev–Trinajstić information content (AvgIpc) is 3.27. The molecule has 1 heterocycles. The highest BCUT2D eigenvalue weighted by molar-refractivity contribution is 6.42. The van der Waals surface area contributed by atoms with Gasteiger partial charge in [-0.2, -0.15) is 0 Å². The predicted octanol–water partition coefficient (Wildman–Crippen LogP) is 7.80. The summed E-state index contributed by atoms with van der Waals surface area (Å²) in [6.45, 7) is 6.85. The van der Waals surface area contributed by atoms with E-state index in [-0.39, 0.29) is 17.9 Å². The van der Waals surface area contributed by atoms with Crippen molar-refractivity contribution in [1.29, 1.82) is 0 Å². The van der Waals surface area contributed by atoms with Crippen LogP contribution >= 0.6 is 34.8 Å². The third-order valence-electron chi connectivity index (χ3n) is 6.06. The molecule has 0 spiro atoms. The van der Waals surface area contributed by atoms with E-state index < -0.39 is 6.10 Å². The molecule has 0 fully saturated rings. The van der Waals surface area contributed by atoms with E-state index in [1.165, 1.54) is 5.56 Å². The highest BCUT2D eigenvalue weighted by Crippen LogP contribution is 2.29. The summed E-state index contributed by atoms with van der Waals surface area (Å²) in [4.78, 5) is 18.6. The first-order valence-corrected chi connectivity index (χ1v) is 12.4. The summed E-state index contributed by atoms with van der Waals surface area (Å²) in [5.41, 5.74) is 3.92. The number of benzene rings is 3. The Kier molecular flexibility index (Phi) is 7.48. The summed E-state index contributed by atoms with van der Waals surface area (Å²) in [5, 5.41) is 13.1. The van der Waals surface area contributed by atoms with Crippen LogP contribution in [0.15, 0.2) is 66.9 Å². The molecule has 1 unspecified atom stereocenters. The maximum Gasteiger partial charge on any atom is 0.256 e. The van der Waals surface area contributed by atoms with Gasteiger partial charge in [-0.15, -0.1) is 0 Å². The molecule has 0 saturated carbocycles. The maximum atomic E-state index is 13.8. The van der Waals surface area contributed by atoms with Crippen LogP contribution in [0, 0.1) is 0 Å². The van der Waals surface area contributed by atoms with Crippen molar-refractivity contribution in [2.45, 2.75) is 38.8 Å². The highest BCUT2D eigenvalue weighted by atomic mass is 35.5. The quantitative estimate of drug-likeness (QED) is 0.268. The van der Waals surface area contributed by atoms with Crippen LogP contribution in [0.2, 0.25) is 15.1 Å². The fourth-order valence-corrected chi connectivity index (χ4v) is 4.59. The minimum Gasteiger partial charge on any atom is -0.387 e. The molecule has 0 aliphatic rings. The molecule has 35 heavy (non-hydrogen) atoms. The molecule has 3 aromatic carbocycles. The molecule has 0 saturated heterocycles. The Labute approximate surface area is 220 Å². The smallest absolute Gasteiger partial charge is 0.256 e. The second kappa shape index (κ2) is 10.2. The van der Waals surface area contributed by atoms with Crippen molar-refractivity contribution in [2.75, 3.05) is 6.54 Å². The minimum atomic E-state index is -0.958. The van der Waals surface area contributed by atoms with E-state index in [0.717, 1.165) is 10.9 Å². The second-order valence-corrected chi connectivity index (χ2v) is 11.0. The molecule has 2 N–H and O–H groups in total. The zero-order valence-corrected chi connectivity index (χ0v) is 22.0. The van der Waals surface area contributed by atoms with E-state index in [0.29, 0.717) is 38.3 Å². The van der Waals surface area contributed by atoms with E-state index >= 15 is 0 Å². The molecule has 4 rings (SSSR count). The summed E-state index contributed by atoms with van der Waals surface area (Å²) in [5.74, 6) is -0.237. The number of carbonyl (C=O) groups excluding carboxylic acids is 1. The Morgan fingerprint density at radius 3 is 2.34 bits per heavy atom. The summed E-state index contributed by atoms with van der Waals surface area (Å²) in [6.07, 6.45) is 0.818. The van der Waals surface area contributed by atoms with Crippen LogP contribution in [-0.2, 0) is 12.0 Å². The van der Waals surface area contributed by atoms with Gasteiger partial charge in [-0.3, -0.25) is 4.79 Å². The molecule has 4 aromatic rings. The van der Waals surface area contributed by atoms with Gasteiger partial charge in [0.25, 0.3) is 5.91 Å². The zero-order valence-electron chi connectivity index (χ0n) is 19.8. The lowest BCUT2D eigenvalue weighted by molar-refractivity contribution is 0.0605. The molecule has 0 aliphatic carbocycles. The number of hydrogen-bond acceptors (Lipinski definition) is 2. The zero-order chi connectivity index (χ0) is 25.3. The van der Waals surface area contributed by atoms with Crippen LogP contribution in [0.25, 0.3) is 10.9 Å². The van der Waals surface area contributed by atoms with Gasteiger partial charge in [0.15, 0.2) is 0 Å². The molecule has 0 aliphatic heterocycles.